The van der Waals surface area contributed by atoms with Crippen molar-refractivity contribution >= 4 is 44.8 Å². The number of hydrogen-bond donors (Lipinski definition) is 0. The molecule has 0 aromatic carbocycles. The molecule has 0 saturated heterocycles. The second-order valence-electron chi connectivity index (χ2n) is 4.29. The maximum atomic E-state index is 4.58. The van der Waals surface area contributed by atoms with Gasteiger partial charge in [0, 0.05) is 18.1 Å². The molecule has 4 nitrogen and oxygen atoms in total. The zero-order valence-corrected chi connectivity index (χ0v) is 15.0. The molecule has 0 bridgehead atoms. The molecule has 0 saturated carbocycles. The van der Waals surface area contributed by atoms with E-state index in [9.17, 15) is 0 Å². The van der Waals surface area contributed by atoms with Crippen molar-refractivity contribution in [3.05, 3.63) is 56.2 Å². The van der Waals surface area contributed by atoms with E-state index in [1.807, 2.05) is 35.9 Å². The molecule has 22 heavy (non-hydrogen) atoms. The molecule has 0 spiro atoms. The molecule has 0 atom stereocenters. The van der Waals surface area contributed by atoms with Gasteiger partial charge in [0.15, 0.2) is 0 Å². The smallest absolute Gasteiger partial charge is 0.206 e. The molecule has 3 aromatic rings. The number of hydrogen-bond acceptors (Lipinski definition) is 5. The van der Waals surface area contributed by atoms with Crippen LogP contribution in [0.4, 0.5) is 0 Å². The topological polar surface area (TPSA) is 42.5 Å². The molecule has 112 valence electrons. The highest BCUT2D eigenvalue weighted by molar-refractivity contribution is 9.11. The van der Waals surface area contributed by atoms with Crippen molar-refractivity contribution in [1.29, 1.82) is 0 Å². The Hall–Kier alpha value is -1.57. The van der Waals surface area contributed by atoms with Crippen LogP contribution in [0.15, 0.2) is 55.8 Å². The van der Waals surface area contributed by atoms with E-state index < -0.39 is 0 Å². The molecular weight excluding hydrogens is 380 g/mol. The fraction of sp³-hybridized carbons (Fsp3) is 0.133. The summed E-state index contributed by atoms with van der Waals surface area (Å²) in [7, 11) is 0. The van der Waals surface area contributed by atoms with Gasteiger partial charge < -0.3 is 0 Å². The highest BCUT2D eigenvalue weighted by atomic mass is 79.9. The van der Waals surface area contributed by atoms with Gasteiger partial charge in [0.1, 0.15) is 0 Å². The van der Waals surface area contributed by atoms with E-state index in [0.29, 0.717) is 0 Å². The summed E-state index contributed by atoms with van der Waals surface area (Å²) in [4.78, 5) is 10.8. The quantitative estimate of drug-likeness (QED) is 0.612. The van der Waals surface area contributed by atoms with Gasteiger partial charge in [-0.2, -0.15) is 5.10 Å². The van der Waals surface area contributed by atoms with Gasteiger partial charge in [-0.25, -0.2) is 4.68 Å². The molecule has 3 aromatic heterocycles. The van der Waals surface area contributed by atoms with Crippen molar-refractivity contribution in [1.82, 2.24) is 9.66 Å². The molecule has 0 aliphatic heterocycles. The summed E-state index contributed by atoms with van der Waals surface area (Å²) in [6, 6.07) is 9.89. The van der Waals surface area contributed by atoms with Gasteiger partial charge in [0.05, 0.1) is 26.3 Å². The molecule has 0 N–H and O–H groups in total. The summed E-state index contributed by atoms with van der Waals surface area (Å²) in [5.74, 6) is 0. The monoisotopic (exact) mass is 392 g/mol. The number of thiophene rings is 1. The molecule has 0 aliphatic rings. The number of thiazole rings is 1. The van der Waals surface area contributed by atoms with E-state index in [0.717, 1.165) is 31.4 Å². The first-order valence-electron chi connectivity index (χ1n) is 6.70. The van der Waals surface area contributed by atoms with E-state index in [1.165, 1.54) is 0 Å². The third-order valence-corrected chi connectivity index (χ3v) is 5.30. The maximum absolute atomic E-state index is 4.58. The number of rotatable bonds is 4. The zero-order chi connectivity index (χ0) is 15.4. The lowest BCUT2D eigenvalue weighted by Gasteiger charge is -2.00. The average Bonchev–Trinajstić information content (AvgIpc) is 3.13. The fourth-order valence-electron chi connectivity index (χ4n) is 1.85. The van der Waals surface area contributed by atoms with Gasteiger partial charge >= 0.3 is 0 Å². The van der Waals surface area contributed by atoms with Gasteiger partial charge in [-0.1, -0.05) is 6.07 Å². The Kier molecular flexibility index (Phi) is 4.97. The standard InChI is InChI=1S/C15H13BrN4S2/c1-2-17-15-20(19-9-11-5-3-4-8-18-11)12(10-21-15)13-6-7-14(16)22-13/h3-10H,2H2,1H3/b17-15?,19-9-. The summed E-state index contributed by atoms with van der Waals surface area (Å²) in [6.45, 7) is 2.75. The number of nitrogens with zero attached hydrogens (tertiary/aromatic N) is 4. The van der Waals surface area contributed by atoms with Gasteiger partial charge in [-0.15, -0.1) is 22.7 Å². The predicted octanol–water partition coefficient (Wildman–Crippen LogP) is 4.24. The Labute approximate surface area is 144 Å². The highest BCUT2D eigenvalue weighted by Gasteiger charge is 2.09. The Morgan fingerprint density at radius 2 is 2.23 bits per heavy atom. The first-order chi connectivity index (χ1) is 10.8. The molecular formula is C15H13BrN4S2. The lowest BCUT2D eigenvalue weighted by atomic mass is 10.4. The van der Waals surface area contributed by atoms with Crippen LogP contribution in [0, 0.1) is 0 Å². The van der Waals surface area contributed by atoms with Crippen LogP contribution in [0.1, 0.15) is 12.6 Å². The summed E-state index contributed by atoms with van der Waals surface area (Å²) in [5.41, 5.74) is 1.86. The summed E-state index contributed by atoms with van der Waals surface area (Å²) >= 11 is 6.78. The Morgan fingerprint density at radius 3 is 2.91 bits per heavy atom. The Bertz CT molecular complexity index is 846. The van der Waals surface area contributed by atoms with Gasteiger partial charge in [0.2, 0.25) is 4.80 Å². The van der Waals surface area contributed by atoms with Crippen molar-refractivity contribution in [2.24, 2.45) is 10.1 Å². The highest BCUT2D eigenvalue weighted by Crippen LogP contribution is 2.31. The van der Waals surface area contributed by atoms with Gasteiger partial charge in [0.25, 0.3) is 0 Å². The maximum Gasteiger partial charge on any atom is 0.206 e. The largest absolute Gasteiger partial charge is 0.258 e. The second kappa shape index (κ2) is 7.13. The minimum Gasteiger partial charge on any atom is -0.258 e. The minimum atomic E-state index is 0.729. The fourth-order valence-corrected chi connectivity index (χ4v) is 4.20. The summed E-state index contributed by atoms with van der Waals surface area (Å²) in [5, 5.41) is 6.66. The molecule has 3 heterocycles. The van der Waals surface area contributed by atoms with Crippen LogP contribution in [0.3, 0.4) is 0 Å². The van der Waals surface area contributed by atoms with Gasteiger partial charge in [-0.3, -0.25) is 9.98 Å². The lowest BCUT2D eigenvalue weighted by Crippen LogP contribution is -2.12. The van der Waals surface area contributed by atoms with E-state index >= 15 is 0 Å². The first-order valence-corrected chi connectivity index (χ1v) is 9.19. The van der Waals surface area contributed by atoms with Crippen molar-refractivity contribution in [3.8, 4) is 10.6 Å². The normalized spacial score (nSPS) is 12.4. The number of aromatic nitrogens is 2. The molecule has 0 fully saturated rings. The second-order valence-corrected chi connectivity index (χ2v) is 7.59. The Balaban J connectivity index is 2.06. The van der Waals surface area contributed by atoms with Crippen LogP contribution >= 0.6 is 38.6 Å². The first kappa shape index (κ1) is 15.3. The summed E-state index contributed by atoms with van der Waals surface area (Å²) in [6.07, 6.45) is 3.52. The minimum absolute atomic E-state index is 0.729. The van der Waals surface area contributed by atoms with Crippen molar-refractivity contribution in [2.75, 3.05) is 6.54 Å². The number of pyridine rings is 1. The van der Waals surface area contributed by atoms with Crippen LogP contribution in [-0.4, -0.2) is 22.4 Å². The molecule has 0 unspecified atom stereocenters. The van der Waals surface area contributed by atoms with Crippen LogP contribution in [0.25, 0.3) is 10.6 Å². The molecule has 7 heteroatoms. The van der Waals surface area contributed by atoms with Crippen LogP contribution < -0.4 is 4.80 Å². The third kappa shape index (κ3) is 3.43. The van der Waals surface area contributed by atoms with Crippen molar-refractivity contribution < 1.29 is 0 Å². The van der Waals surface area contributed by atoms with E-state index in [-0.39, 0.29) is 0 Å². The van der Waals surface area contributed by atoms with Crippen LogP contribution in [-0.2, 0) is 0 Å². The lowest BCUT2D eigenvalue weighted by molar-refractivity contribution is 0.834. The molecule has 3 rings (SSSR count). The molecule has 0 amide bonds. The zero-order valence-electron chi connectivity index (χ0n) is 11.8. The van der Waals surface area contributed by atoms with E-state index in [4.69, 9.17) is 0 Å². The SMILES string of the molecule is CCN=c1scc(-c2ccc(Br)s2)n1/N=C\c1ccccn1. The summed E-state index contributed by atoms with van der Waals surface area (Å²) < 4.78 is 2.98. The van der Waals surface area contributed by atoms with Crippen molar-refractivity contribution in [2.45, 2.75) is 6.92 Å². The van der Waals surface area contributed by atoms with E-state index in [1.54, 1.807) is 35.1 Å². The Morgan fingerprint density at radius 1 is 1.32 bits per heavy atom. The van der Waals surface area contributed by atoms with Crippen LogP contribution in [0.2, 0.25) is 0 Å². The van der Waals surface area contributed by atoms with Crippen LogP contribution in [0.5, 0.6) is 0 Å². The molecule has 0 radical (unpaired) electrons. The van der Waals surface area contributed by atoms with E-state index in [2.05, 4.69) is 42.5 Å². The average molecular weight is 393 g/mol. The molecule has 0 aliphatic carbocycles. The van der Waals surface area contributed by atoms with Crippen molar-refractivity contribution in [3.63, 3.8) is 0 Å². The van der Waals surface area contributed by atoms with Gasteiger partial charge in [-0.05, 0) is 47.1 Å². The predicted molar refractivity (Wildman–Crippen MR) is 96.7 cm³/mol. The third-order valence-electron chi connectivity index (χ3n) is 2.80. The number of halogens is 1.